The number of anilines is 1. The normalized spacial score (nSPS) is 11.0. The topological polar surface area (TPSA) is 66.7 Å². The lowest BCUT2D eigenvalue weighted by Crippen LogP contribution is -3.06. The van der Waals surface area contributed by atoms with Gasteiger partial charge in [-0.25, -0.2) is 4.98 Å². The quantitative estimate of drug-likeness (QED) is 0.624. The number of aryl methyl sites for hydroxylation is 3. The van der Waals surface area contributed by atoms with Gasteiger partial charge in [-0.3, -0.25) is 9.59 Å². The van der Waals surface area contributed by atoms with Gasteiger partial charge in [-0.1, -0.05) is 25.5 Å². The number of rotatable bonds is 10. The molecular weight excluding hydrogens is 384 g/mol. The number of benzene rings is 1. The van der Waals surface area contributed by atoms with Crippen molar-refractivity contribution in [2.75, 3.05) is 39.0 Å². The number of unbranched alkanes of at least 4 members (excludes halogenated alkanes) is 1. The zero-order valence-corrected chi connectivity index (χ0v) is 19.0. The van der Waals surface area contributed by atoms with Gasteiger partial charge in [0.25, 0.3) is 5.91 Å². The predicted octanol–water partition coefficient (Wildman–Crippen LogP) is 2.33. The lowest BCUT2D eigenvalue weighted by Gasteiger charge is -2.23. The number of carbonyl (C=O) groups excluding carboxylic acids is 2. The molecule has 158 valence electrons. The highest BCUT2D eigenvalue weighted by Crippen LogP contribution is 2.21. The summed E-state index contributed by atoms with van der Waals surface area (Å²) in [4.78, 5) is 33.9. The van der Waals surface area contributed by atoms with E-state index in [-0.39, 0.29) is 18.4 Å². The van der Waals surface area contributed by atoms with E-state index in [0.717, 1.165) is 36.4 Å². The van der Waals surface area contributed by atoms with E-state index in [1.54, 1.807) is 4.90 Å². The molecule has 2 amide bonds. The Hall–Kier alpha value is -2.25. The van der Waals surface area contributed by atoms with Gasteiger partial charge in [0, 0.05) is 10.4 Å². The van der Waals surface area contributed by atoms with Crippen LogP contribution in [0.5, 0.6) is 0 Å². The highest BCUT2D eigenvalue weighted by atomic mass is 32.1. The average molecular weight is 418 g/mol. The van der Waals surface area contributed by atoms with Gasteiger partial charge in [0.15, 0.2) is 5.13 Å². The third kappa shape index (κ3) is 7.25. The number of aromatic nitrogens is 1. The molecule has 2 rings (SSSR count). The number of amides is 2. The number of carbonyl (C=O) groups is 2. The van der Waals surface area contributed by atoms with Gasteiger partial charge in [0.1, 0.15) is 6.54 Å². The lowest BCUT2D eigenvalue weighted by atomic mass is 10.1. The van der Waals surface area contributed by atoms with Crippen LogP contribution in [0.1, 0.15) is 46.3 Å². The second kappa shape index (κ2) is 11.1. The van der Waals surface area contributed by atoms with Crippen LogP contribution in [0.4, 0.5) is 5.13 Å². The summed E-state index contributed by atoms with van der Waals surface area (Å²) in [5.41, 5.74) is 2.77. The first-order valence-electron chi connectivity index (χ1n) is 10.2. The second-order valence-corrected chi connectivity index (χ2v) is 8.90. The molecule has 0 aliphatic carbocycles. The third-order valence-corrected chi connectivity index (χ3v) is 5.79. The number of quaternary nitrogens is 1. The van der Waals surface area contributed by atoms with E-state index < -0.39 is 0 Å². The Morgan fingerprint density at radius 2 is 1.86 bits per heavy atom. The predicted molar refractivity (Wildman–Crippen MR) is 119 cm³/mol. The van der Waals surface area contributed by atoms with E-state index in [2.05, 4.69) is 17.2 Å². The van der Waals surface area contributed by atoms with E-state index in [0.29, 0.717) is 17.2 Å². The summed E-state index contributed by atoms with van der Waals surface area (Å²) in [6.07, 6.45) is 3.31. The first-order valence-corrected chi connectivity index (χ1v) is 11.0. The molecule has 6 nitrogen and oxygen atoms in total. The van der Waals surface area contributed by atoms with Crippen LogP contribution in [0.25, 0.3) is 0 Å². The summed E-state index contributed by atoms with van der Waals surface area (Å²) in [6.45, 7) is 7.36. The van der Waals surface area contributed by atoms with Crippen LogP contribution in [0.15, 0.2) is 24.3 Å². The molecule has 0 aliphatic rings. The number of nitrogens with one attached hydrogen (secondary N) is 2. The molecule has 29 heavy (non-hydrogen) atoms. The zero-order valence-electron chi connectivity index (χ0n) is 18.2. The van der Waals surface area contributed by atoms with E-state index in [4.69, 9.17) is 0 Å². The highest BCUT2D eigenvalue weighted by molar-refractivity contribution is 7.15. The van der Waals surface area contributed by atoms with Crippen molar-refractivity contribution in [3.8, 4) is 0 Å². The summed E-state index contributed by atoms with van der Waals surface area (Å²) in [5, 5.41) is 3.41. The number of likely N-dealkylation sites (N-methyl/N-ethyl adjacent to an activating group) is 1. The summed E-state index contributed by atoms with van der Waals surface area (Å²) in [7, 11) is 4.07. The van der Waals surface area contributed by atoms with Crippen LogP contribution >= 0.6 is 11.3 Å². The zero-order chi connectivity index (χ0) is 21.4. The Kier molecular flexibility index (Phi) is 8.79. The monoisotopic (exact) mass is 417 g/mol. The fourth-order valence-electron chi connectivity index (χ4n) is 2.85. The van der Waals surface area contributed by atoms with Crippen molar-refractivity contribution in [2.45, 2.75) is 40.0 Å². The number of thiazole rings is 1. The van der Waals surface area contributed by atoms with Crippen molar-refractivity contribution in [1.29, 1.82) is 0 Å². The minimum atomic E-state index is -0.222. The van der Waals surface area contributed by atoms with E-state index >= 15 is 0 Å². The van der Waals surface area contributed by atoms with Gasteiger partial charge in [-0.2, -0.15) is 0 Å². The van der Waals surface area contributed by atoms with E-state index in [1.807, 2.05) is 52.2 Å². The Morgan fingerprint density at radius 1 is 1.17 bits per heavy atom. The van der Waals surface area contributed by atoms with Crippen molar-refractivity contribution in [3.05, 3.63) is 46.0 Å². The first kappa shape index (κ1) is 23.0. The van der Waals surface area contributed by atoms with Gasteiger partial charge < -0.3 is 15.1 Å². The molecule has 1 heterocycles. The Morgan fingerprint density at radius 3 is 2.41 bits per heavy atom. The Balaban J connectivity index is 2.07. The van der Waals surface area contributed by atoms with Crippen LogP contribution in [0, 0.1) is 13.8 Å². The third-order valence-electron chi connectivity index (χ3n) is 4.80. The minimum absolute atomic E-state index is 0.0153. The summed E-state index contributed by atoms with van der Waals surface area (Å²) in [5.74, 6) is -0.338. The molecule has 0 radical (unpaired) electrons. The van der Waals surface area contributed by atoms with Crippen LogP contribution in [-0.2, 0) is 11.2 Å². The lowest BCUT2D eigenvalue weighted by molar-refractivity contribution is -0.857. The number of hydrogen-bond donors (Lipinski definition) is 2. The maximum Gasteiger partial charge on any atom is 0.254 e. The number of hydrogen-bond acceptors (Lipinski definition) is 4. The van der Waals surface area contributed by atoms with E-state index in [9.17, 15) is 9.59 Å². The van der Waals surface area contributed by atoms with Crippen molar-refractivity contribution < 1.29 is 14.5 Å². The van der Waals surface area contributed by atoms with E-state index in [1.165, 1.54) is 21.8 Å². The SMILES string of the molecule is CCCCc1ccc(C(=O)N(CC[NH+](C)C)CC(=O)Nc2nc(C)c(C)s2)cc1. The fourth-order valence-corrected chi connectivity index (χ4v) is 3.68. The smallest absolute Gasteiger partial charge is 0.254 e. The summed E-state index contributed by atoms with van der Waals surface area (Å²) < 4.78 is 0. The molecule has 7 heteroatoms. The summed E-state index contributed by atoms with van der Waals surface area (Å²) >= 11 is 1.45. The van der Waals surface area contributed by atoms with Crippen molar-refractivity contribution in [3.63, 3.8) is 0 Å². The summed E-state index contributed by atoms with van der Waals surface area (Å²) in [6, 6.07) is 7.77. The highest BCUT2D eigenvalue weighted by Gasteiger charge is 2.20. The van der Waals surface area contributed by atoms with Gasteiger partial charge >= 0.3 is 0 Å². The molecule has 0 saturated heterocycles. The van der Waals surface area contributed by atoms with Crippen molar-refractivity contribution >= 4 is 28.3 Å². The molecule has 1 aromatic heterocycles. The van der Waals surface area contributed by atoms with Crippen LogP contribution in [0.3, 0.4) is 0 Å². The van der Waals surface area contributed by atoms with Gasteiger partial charge in [0.2, 0.25) is 5.91 Å². The molecule has 2 aromatic rings. The fraction of sp³-hybridized carbons (Fsp3) is 0.500. The van der Waals surface area contributed by atoms with Crippen LogP contribution in [-0.4, -0.2) is 55.4 Å². The first-order chi connectivity index (χ1) is 13.8. The second-order valence-electron chi connectivity index (χ2n) is 7.69. The molecule has 0 aliphatic heterocycles. The maximum atomic E-state index is 13.1. The molecule has 0 spiro atoms. The standard InChI is InChI=1S/C22H32N4O2S/c1-6-7-8-18-9-11-19(12-10-18)21(28)26(14-13-25(4)5)15-20(27)24-22-23-16(2)17(3)29-22/h9-12H,6-8,13-15H2,1-5H3,(H,23,24,27)/p+1. The molecule has 0 unspecified atom stereocenters. The number of nitrogens with zero attached hydrogens (tertiary/aromatic N) is 2. The van der Waals surface area contributed by atoms with Gasteiger partial charge in [0.05, 0.1) is 32.9 Å². The molecule has 2 N–H and O–H groups in total. The molecular formula is C22H33N4O2S+. The van der Waals surface area contributed by atoms with Crippen molar-refractivity contribution in [2.24, 2.45) is 0 Å². The maximum absolute atomic E-state index is 13.1. The van der Waals surface area contributed by atoms with Crippen molar-refractivity contribution in [1.82, 2.24) is 9.88 Å². The Labute approximate surface area is 177 Å². The molecule has 0 bridgehead atoms. The molecule has 1 aromatic carbocycles. The minimum Gasteiger partial charge on any atom is -0.338 e. The molecule has 0 saturated carbocycles. The average Bonchev–Trinajstić information content (AvgIpc) is 3.00. The van der Waals surface area contributed by atoms with Gasteiger partial charge in [-0.15, -0.1) is 11.3 Å². The Bertz CT molecular complexity index is 795. The van der Waals surface area contributed by atoms with Crippen LogP contribution < -0.4 is 10.2 Å². The van der Waals surface area contributed by atoms with Gasteiger partial charge in [-0.05, 0) is 44.4 Å². The molecule has 0 fully saturated rings. The largest absolute Gasteiger partial charge is 0.338 e. The molecule has 0 atom stereocenters. The van der Waals surface area contributed by atoms with Crippen LogP contribution in [0.2, 0.25) is 0 Å².